The zero-order valence-corrected chi connectivity index (χ0v) is 15.6. The smallest absolute Gasteiger partial charge is 0.251 e. The van der Waals surface area contributed by atoms with Crippen LogP contribution in [-0.2, 0) is 6.54 Å². The summed E-state index contributed by atoms with van der Waals surface area (Å²) in [6, 6.07) is 16.7. The van der Waals surface area contributed by atoms with E-state index in [4.69, 9.17) is 0 Å². The SMILES string of the molecule is CCNC(=O)c1ccc(NC2CCCCC2)c(NCc2ccccc2)c1. The predicted molar refractivity (Wildman–Crippen MR) is 109 cm³/mol. The first-order chi connectivity index (χ1) is 12.8. The number of hydrogen-bond acceptors (Lipinski definition) is 3. The molecule has 2 aromatic carbocycles. The normalized spacial score (nSPS) is 14.7. The summed E-state index contributed by atoms with van der Waals surface area (Å²) in [6.45, 7) is 3.30. The van der Waals surface area contributed by atoms with E-state index in [2.05, 4.69) is 28.1 Å². The van der Waals surface area contributed by atoms with E-state index >= 15 is 0 Å². The highest BCUT2D eigenvalue weighted by atomic mass is 16.1. The van der Waals surface area contributed by atoms with Gasteiger partial charge in [0.15, 0.2) is 0 Å². The van der Waals surface area contributed by atoms with Crippen LogP contribution in [0.1, 0.15) is 54.9 Å². The lowest BCUT2D eigenvalue weighted by Crippen LogP contribution is -2.24. The summed E-state index contributed by atoms with van der Waals surface area (Å²) in [5.74, 6) is -0.0283. The minimum Gasteiger partial charge on any atom is -0.381 e. The standard InChI is InChI=1S/C22H29N3O/c1-2-23-22(26)18-13-14-20(25-19-11-7-4-8-12-19)21(15-18)24-16-17-9-5-3-6-10-17/h3,5-6,9-10,13-15,19,24-25H,2,4,7-8,11-12,16H2,1H3,(H,23,26). The van der Waals surface area contributed by atoms with Crippen LogP contribution < -0.4 is 16.0 Å². The summed E-state index contributed by atoms with van der Waals surface area (Å²) in [4.78, 5) is 12.2. The van der Waals surface area contributed by atoms with E-state index in [-0.39, 0.29) is 5.91 Å². The van der Waals surface area contributed by atoms with Crippen LogP contribution in [0, 0.1) is 0 Å². The molecule has 0 spiro atoms. The predicted octanol–water partition coefficient (Wildman–Crippen LogP) is 4.79. The Labute approximate surface area is 156 Å². The van der Waals surface area contributed by atoms with E-state index in [1.165, 1.54) is 37.7 Å². The van der Waals surface area contributed by atoms with Gasteiger partial charge in [-0.3, -0.25) is 4.79 Å². The van der Waals surface area contributed by atoms with Crippen molar-refractivity contribution in [3.63, 3.8) is 0 Å². The number of benzene rings is 2. The number of amides is 1. The Morgan fingerprint density at radius 1 is 1.00 bits per heavy atom. The van der Waals surface area contributed by atoms with Crippen molar-refractivity contribution in [1.29, 1.82) is 0 Å². The maximum absolute atomic E-state index is 12.2. The van der Waals surface area contributed by atoms with Crippen LogP contribution in [0.2, 0.25) is 0 Å². The molecular formula is C22H29N3O. The summed E-state index contributed by atoms with van der Waals surface area (Å²) in [6.07, 6.45) is 6.36. The molecule has 0 aromatic heterocycles. The van der Waals surface area contributed by atoms with Crippen molar-refractivity contribution in [2.45, 2.75) is 51.6 Å². The zero-order valence-electron chi connectivity index (χ0n) is 15.6. The number of rotatable bonds is 7. The van der Waals surface area contributed by atoms with Gasteiger partial charge >= 0.3 is 0 Å². The second kappa shape index (κ2) is 9.27. The minimum absolute atomic E-state index is 0.0283. The molecule has 0 heterocycles. The number of anilines is 2. The van der Waals surface area contributed by atoms with Crippen LogP contribution in [0.25, 0.3) is 0 Å². The molecule has 0 bridgehead atoms. The molecule has 138 valence electrons. The van der Waals surface area contributed by atoms with E-state index in [1.54, 1.807) is 0 Å². The summed E-state index contributed by atoms with van der Waals surface area (Å²) in [5, 5.41) is 10.1. The van der Waals surface area contributed by atoms with Crippen LogP contribution in [0.5, 0.6) is 0 Å². The fraction of sp³-hybridized carbons (Fsp3) is 0.409. The Morgan fingerprint density at radius 2 is 1.77 bits per heavy atom. The average molecular weight is 351 g/mol. The zero-order chi connectivity index (χ0) is 18.2. The number of carbonyl (C=O) groups excluding carboxylic acids is 1. The Balaban J connectivity index is 1.78. The minimum atomic E-state index is -0.0283. The third kappa shape index (κ3) is 5.01. The van der Waals surface area contributed by atoms with Crippen LogP contribution in [0.4, 0.5) is 11.4 Å². The molecule has 1 saturated carbocycles. The fourth-order valence-corrected chi connectivity index (χ4v) is 3.48. The molecular weight excluding hydrogens is 322 g/mol. The van der Waals surface area contributed by atoms with E-state index in [0.29, 0.717) is 18.2 Å². The molecule has 26 heavy (non-hydrogen) atoms. The van der Waals surface area contributed by atoms with Gasteiger partial charge in [-0.25, -0.2) is 0 Å². The molecule has 0 atom stereocenters. The molecule has 1 aliphatic rings. The Bertz CT molecular complexity index is 709. The average Bonchev–Trinajstić information content (AvgIpc) is 2.69. The van der Waals surface area contributed by atoms with Gasteiger partial charge in [-0.15, -0.1) is 0 Å². The molecule has 0 aliphatic heterocycles. The van der Waals surface area contributed by atoms with Crippen molar-refractivity contribution in [2.75, 3.05) is 17.2 Å². The third-order valence-electron chi connectivity index (χ3n) is 4.91. The highest BCUT2D eigenvalue weighted by Gasteiger charge is 2.16. The summed E-state index contributed by atoms with van der Waals surface area (Å²) >= 11 is 0. The topological polar surface area (TPSA) is 53.2 Å². The second-order valence-corrected chi connectivity index (χ2v) is 6.94. The molecule has 4 heteroatoms. The summed E-state index contributed by atoms with van der Waals surface area (Å²) < 4.78 is 0. The van der Waals surface area contributed by atoms with E-state index in [0.717, 1.165) is 17.9 Å². The Kier molecular flexibility index (Phi) is 6.53. The summed E-state index contributed by atoms with van der Waals surface area (Å²) in [5.41, 5.74) is 3.99. The lowest BCUT2D eigenvalue weighted by molar-refractivity contribution is 0.0956. The number of carbonyl (C=O) groups is 1. The van der Waals surface area contributed by atoms with Crippen molar-refractivity contribution in [3.05, 3.63) is 59.7 Å². The molecule has 1 aliphatic carbocycles. The highest BCUT2D eigenvalue weighted by molar-refractivity contribution is 5.96. The van der Waals surface area contributed by atoms with Crippen molar-refractivity contribution in [3.8, 4) is 0 Å². The Hall–Kier alpha value is -2.49. The van der Waals surface area contributed by atoms with Crippen molar-refractivity contribution < 1.29 is 4.79 Å². The first-order valence-corrected chi connectivity index (χ1v) is 9.73. The maximum Gasteiger partial charge on any atom is 0.251 e. The first kappa shape index (κ1) is 18.3. The van der Waals surface area contributed by atoms with E-state index < -0.39 is 0 Å². The van der Waals surface area contributed by atoms with Gasteiger partial charge in [-0.1, -0.05) is 49.6 Å². The maximum atomic E-state index is 12.2. The van der Waals surface area contributed by atoms with Gasteiger partial charge in [0.05, 0.1) is 11.4 Å². The van der Waals surface area contributed by atoms with Crippen LogP contribution in [0.15, 0.2) is 48.5 Å². The highest BCUT2D eigenvalue weighted by Crippen LogP contribution is 2.28. The van der Waals surface area contributed by atoms with Crippen LogP contribution in [0.3, 0.4) is 0 Å². The van der Waals surface area contributed by atoms with E-state index in [1.807, 2.05) is 43.3 Å². The second-order valence-electron chi connectivity index (χ2n) is 6.94. The lowest BCUT2D eigenvalue weighted by Gasteiger charge is -2.25. The first-order valence-electron chi connectivity index (χ1n) is 9.73. The molecule has 3 N–H and O–H groups in total. The van der Waals surface area contributed by atoms with Crippen molar-refractivity contribution in [2.24, 2.45) is 0 Å². The largest absolute Gasteiger partial charge is 0.381 e. The van der Waals surface area contributed by atoms with Gasteiger partial charge in [0.25, 0.3) is 5.91 Å². The van der Waals surface area contributed by atoms with Crippen molar-refractivity contribution in [1.82, 2.24) is 5.32 Å². The summed E-state index contributed by atoms with van der Waals surface area (Å²) in [7, 11) is 0. The van der Waals surface area contributed by atoms with Gasteiger partial charge in [0.2, 0.25) is 0 Å². The third-order valence-corrected chi connectivity index (χ3v) is 4.91. The molecule has 0 radical (unpaired) electrons. The van der Waals surface area contributed by atoms with Crippen LogP contribution >= 0.6 is 0 Å². The Morgan fingerprint density at radius 3 is 2.50 bits per heavy atom. The molecule has 1 amide bonds. The van der Waals surface area contributed by atoms with Gasteiger partial charge in [-0.05, 0) is 43.5 Å². The quantitative estimate of drug-likeness (QED) is 0.672. The molecule has 0 saturated heterocycles. The van der Waals surface area contributed by atoms with Gasteiger partial charge in [-0.2, -0.15) is 0 Å². The monoisotopic (exact) mass is 351 g/mol. The van der Waals surface area contributed by atoms with E-state index in [9.17, 15) is 4.79 Å². The molecule has 2 aromatic rings. The molecule has 4 nitrogen and oxygen atoms in total. The van der Waals surface area contributed by atoms with Crippen molar-refractivity contribution >= 4 is 17.3 Å². The fourth-order valence-electron chi connectivity index (χ4n) is 3.48. The lowest BCUT2D eigenvalue weighted by atomic mass is 9.95. The van der Waals surface area contributed by atoms with Gasteiger partial charge < -0.3 is 16.0 Å². The number of hydrogen-bond donors (Lipinski definition) is 3. The number of nitrogens with one attached hydrogen (secondary N) is 3. The van der Waals surface area contributed by atoms with Crippen LogP contribution in [-0.4, -0.2) is 18.5 Å². The molecule has 3 rings (SSSR count). The molecule has 0 unspecified atom stereocenters. The van der Waals surface area contributed by atoms with Gasteiger partial charge in [0.1, 0.15) is 0 Å². The molecule has 1 fully saturated rings. The van der Waals surface area contributed by atoms with Gasteiger partial charge in [0, 0.05) is 24.7 Å².